The molecule has 0 aromatic carbocycles. The molecule has 1 amide bonds. The van der Waals surface area contributed by atoms with Crippen molar-refractivity contribution in [2.45, 2.75) is 71.1 Å². The number of rotatable bonds is 6. The molecule has 3 aromatic rings. The van der Waals surface area contributed by atoms with E-state index in [1.54, 1.807) is 29.3 Å². The van der Waals surface area contributed by atoms with Crippen LogP contribution in [0.1, 0.15) is 63.7 Å². The van der Waals surface area contributed by atoms with Gasteiger partial charge in [-0.3, -0.25) is 4.79 Å². The largest absolute Gasteiger partial charge is 0.390 e. The molecule has 0 radical (unpaired) electrons. The fourth-order valence-electron chi connectivity index (χ4n) is 4.44. The van der Waals surface area contributed by atoms with Gasteiger partial charge in [0.05, 0.1) is 28.1 Å². The Morgan fingerprint density at radius 2 is 1.88 bits per heavy atom. The third-order valence-electron chi connectivity index (χ3n) is 6.23. The maximum Gasteiger partial charge on any atom is 0.255 e. The molecule has 0 spiro atoms. The zero-order chi connectivity index (χ0) is 23.8. The number of pyridine rings is 2. The Morgan fingerprint density at radius 3 is 2.55 bits per heavy atom. The van der Waals surface area contributed by atoms with Gasteiger partial charge in [-0.1, -0.05) is 11.6 Å². The first kappa shape index (κ1) is 23.4. The van der Waals surface area contributed by atoms with Gasteiger partial charge in [-0.25, -0.2) is 9.97 Å². The van der Waals surface area contributed by atoms with E-state index in [-0.39, 0.29) is 23.9 Å². The molecule has 9 heteroatoms. The maximum atomic E-state index is 13.2. The molecular weight excluding hydrogens is 440 g/mol. The van der Waals surface area contributed by atoms with E-state index in [1.165, 1.54) is 0 Å². The minimum atomic E-state index is -0.681. The Balaban J connectivity index is 1.56. The average Bonchev–Trinajstić information content (AvgIpc) is 3.16. The smallest absolute Gasteiger partial charge is 0.255 e. The summed E-state index contributed by atoms with van der Waals surface area (Å²) in [5.41, 5.74) is 1.14. The molecule has 0 aliphatic heterocycles. The van der Waals surface area contributed by atoms with E-state index >= 15 is 0 Å². The van der Waals surface area contributed by atoms with Gasteiger partial charge in [0.15, 0.2) is 11.5 Å². The van der Waals surface area contributed by atoms with Gasteiger partial charge < -0.3 is 15.7 Å². The SMILES string of the molecule is CC(C)Nc1cc(-n2ncc3cc(Cl)cnc32)ncc1C(=O)N[C@H]1CC[C@H](C(C)(C)O)CC1. The van der Waals surface area contributed by atoms with E-state index in [4.69, 9.17) is 11.6 Å². The molecular formula is C24H31ClN6O2. The van der Waals surface area contributed by atoms with Crippen molar-refractivity contribution in [1.29, 1.82) is 0 Å². The number of hydrogen-bond acceptors (Lipinski definition) is 6. The van der Waals surface area contributed by atoms with Crippen molar-refractivity contribution in [3.63, 3.8) is 0 Å². The van der Waals surface area contributed by atoms with Crippen LogP contribution in [-0.2, 0) is 0 Å². The molecule has 0 saturated heterocycles. The predicted octanol–water partition coefficient (Wildman–Crippen LogP) is 4.35. The van der Waals surface area contributed by atoms with Gasteiger partial charge in [0.2, 0.25) is 0 Å². The molecule has 1 aliphatic rings. The van der Waals surface area contributed by atoms with Crippen LogP contribution in [0.4, 0.5) is 5.69 Å². The fraction of sp³-hybridized carbons (Fsp3) is 0.500. The lowest BCUT2D eigenvalue weighted by atomic mass is 9.77. The van der Waals surface area contributed by atoms with Gasteiger partial charge in [-0.2, -0.15) is 9.78 Å². The summed E-state index contributed by atoms with van der Waals surface area (Å²) >= 11 is 6.04. The summed E-state index contributed by atoms with van der Waals surface area (Å²) in [6, 6.07) is 3.84. The number of nitrogens with zero attached hydrogens (tertiary/aromatic N) is 4. The van der Waals surface area contributed by atoms with Crippen molar-refractivity contribution in [3.05, 3.63) is 41.3 Å². The lowest BCUT2D eigenvalue weighted by molar-refractivity contribution is -0.00257. The van der Waals surface area contributed by atoms with Gasteiger partial charge in [0, 0.05) is 35.9 Å². The quantitative estimate of drug-likeness (QED) is 0.494. The first-order valence-corrected chi connectivity index (χ1v) is 11.8. The van der Waals surface area contributed by atoms with Crippen molar-refractivity contribution >= 4 is 34.2 Å². The van der Waals surface area contributed by atoms with Crippen LogP contribution in [0.5, 0.6) is 0 Å². The second-order valence-electron chi connectivity index (χ2n) is 9.69. The second-order valence-corrected chi connectivity index (χ2v) is 10.1. The van der Waals surface area contributed by atoms with Gasteiger partial charge in [0.1, 0.15) is 0 Å². The molecule has 0 bridgehead atoms. The van der Waals surface area contributed by atoms with Gasteiger partial charge in [-0.15, -0.1) is 0 Å². The summed E-state index contributed by atoms with van der Waals surface area (Å²) in [6.07, 6.45) is 8.35. The third kappa shape index (κ3) is 5.28. The molecule has 1 fully saturated rings. The summed E-state index contributed by atoms with van der Waals surface area (Å²) in [5.74, 6) is 0.668. The highest BCUT2D eigenvalue weighted by Crippen LogP contribution is 2.33. The summed E-state index contributed by atoms with van der Waals surface area (Å²) in [5, 5.41) is 22.6. The molecule has 1 saturated carbocycles. The van der Waals surface area contributed by atoms with Crippen LogP contribution < -0.4 is 10.6 Å². The van der Waals surface area contributed by atoms with E-state index < -0.39 is 5.60 Å². The van der Waals surface area contributed by atoms with Crippen molar-refractivity contribution in [2.75, 3.05) is 5.32 Å². The van der Waals surface area contributed by atoms with Crippen LogP contribution in [0, 0.1) is 5.92 Å². The highest BCUT2D eigenvalue weighted by atomic mass is 35.5. The normalized spacial score (nSPS) is 19.1. The summed E-state index contributed by atoms with van der Waals surface area (Å²) in [4.78, 5) is 22.0. The number of aromatic nitrogens is 4. The number of aliphatic hydroxyl groups is 1. The van der Waals surface area contributed by atoms with E-state index in [2.05, 4.69) is 25.7 Å². The van der Waals surface area contributed by atoms with Crippen molar-refractivity contribution < 1.29 is 9.90 Å². The highest BCUT2D eigenvalue weighted by molar-refractivity contribution is 6.31. The van der Waals surface area contributed by atoms with E-state index in [1.807, 2.05) is 33.8 Å². The molecule has 4 rings (SSSR count). The monoisotopic (exact) mass is 470 g/mol. The summed E-state index contributed by atoms with van der Waals surface area (Å²) in [7, 11) is 0. The highest BCUT2D eigenvalue weighted by Gasteiger charge is 2.32. The van der Waals surface area contributed by atoms with Gasteiger partial charge >= 0.3 is 0 Å². The molecule has 3 aromatic heterocycles. The van der Waals surface area contributed by atoms with Crippen LogP contribution in [0.15, 0.2) is 30.7 Å². The van der Waals surface area contributed by atoms with Gasteiger partial charge in [0.25, 0.3) is 5.91 Å². The number of anilines is 1. The topological polar surface area (TPSA) is 105 Å². The first-order valence-electron chi connectivity index (χ1n) is 11.4. The van der Waals surface area contributed by atoms with Crippen molar-refractivity contribution in [2.24, 2.45) is 5.92 Å². The number of amides is 1. The van der Waals surface area contributed by atoms with Crippen LogP contribution in [-0.4, -0.2) is 48.4 Å². The van der Waals surface area contributed by atoms with E-state index in [0.717, 1.165) is 31.1 Å². The minimum Gasteiger partial charge on any atom is -0.390 e. The Kier molecular flexibility index (Phi) is 6.59. The Morgan fingerprint density at radius 1 is 1.15 bits per heavy atom. The molecule has 0 atom stereocenters. The van der Waals surface area contributed by atoms with Crippen molar-refractivity contribution in [3.8, 4) is 5.82 Å². The Labute approximate surface area is 198 Å². The Bertz CT molecular complexity index is 1150. The van der Waals surface area contributed by atoms with E-state index in [0.29, 0.717) is 27.7 Å². The number of carbonyl (C=O) groups is 1. The van der Waals surface area contributed by atoms with Crippen LogP contribution in [0.2, 0.25) is 5.02 Å². The predicted molar refractivity (Wildman–Crippen MR) is 130 cm³/mol. The fourth-order valence-corrected chi connectivity index (χ4v) is 4.61. The molecule has 176 valence electrons. The number of hydrogen-bond donors (Lipinski definition) is 3. The first-order chi connectivity index (χ1) is 15.6. The molecule has 1 aliphatic carbocycles. The third-order valence-corrected chi connectivity index (χ3v) is 6.44. The molecule has 33 heavy (non-hydrogen) atoms. The molecule has 0 unspecified atom stereocenters. The van der Waals surface area contributed by atoms with Crippen LogP contribution in [0.3, 0.4) is 0 Å². The zero-order valence-electron chi connectivity index (χ0n) is 19.5. The molecule has 8 nitrogen and oxygen atoms in total. The maximum absolute atomic E-state index is 13.2. The van der Waals surface area contributed by atoms with Crippen LogP contribution in [0.25, 0.3) is 16.9 Å². The number of halogens is 1. The lowest BCUT2D eigenvalue weighted by Gasteiger charge is -2.36. The lowest BCUT2D eigenvalue weighted by Crippen LogP contribution is -2.42. The summed E-state index contributed by atoms with van der Waals surface area (Å²) in [6.45, 7) is 7.76. The molecule has 3 heterocycles. The standard InChI is InChI=1S/C24H31ClN6O2/c1-14(2)29-20-10-21(31-22-15(11-28-31)9-17(25)12-27-22)26-13-19(20)23(32)30-18-7-5-16(6-8-18)24(3,4)33/h9-14,16,18,33H,5-8H2,1-4H3,(H,26,29)(H,30,32)/t16-,18-. The number of nitrogens with one attached hydrogen (secondary N) is 2. The second kappa shape index (κ2) is 9.27. The minimum absolute atomic E-state index is 0.0895. The average molecular weight is 471 g/mol. The van der Waals surface area contributed by atoms with Gasteiger partial charge in [-0.05, 0) is 65.4 Å². The summed E-state index contributed by atoms with van der Waals surface area (Å²) < 4.78 is 1.64. The Hall–Kier alpha value is -2.71. The molecule has 3 N–H and O–H groups in total. The number of fused-ring (bicyclic) bond motifs is 1. The van der Waals surface area contributed by atoms with Crippen molar-refractivity contribution in [1.82, 2.24) is 25.1 Å². The number of carbonyl (C=O) groups excluding carboxylic acids is 1. The zero-order valence-corrected chi connectivity index (χ0v) is 20.2. The van der Waals surface area contributed by atoms with Crippen LogP contribution >= 0.6 is 11.6 Å². The van der Waals surface area contributed by atoms with E-state index in [9.17, 15) is 9.90 Å².